The highest BCUT2D eigenvalue weighted by Gasteiger charge is 2.25. The van der Waals surface area contributed by atoms with Crippen molar-refractivity contribution in [1.82, 2.24) is 0 Å². The molecule has 3 N–H and O–H groups in total. The molecule has 0 heterocycles. The molecule has 0 saturated carbocycles. The molecule has 0 aliphatic heterocycles. The number of carbonyl (C=O) groups is 2. The number of phosphoric ester groups is 1. The Kier molecular flexibility index (Phi) is 39.8. The predicted molar refractivity (Wildman–Crippen MR) is 238 cm³/mol. The van der Waals surface area contributed by atoms with Crippen LogP contribution in [0.25, 0.3) is 0 Å². The molecule has 2 unspecified atom stereocenters. The van der Waals surface area contributed by atoms with Crippen LogP contribution < -0.4 is 5.73 Å². The van der Waals surface area contributed by atoms with Crippen molar-refractivity contribution in [2.45, 2.75) is 148 Å². The first kappa shape index (κ1) is 53.7. The molecule has 0 aliphatic carbocycles. The van der Waals surface area contributed by atoms with Gasteiger partial charge in [-0.15, -0.1) is 0 Å². The van der Waals surface area contributed by atoms with E-state index in [0.29, 0.717) is 12.8 Å². The largest absolute Gasteiger partial charge is 0.472 e. The molecule has 0 saturated heterocycles. The Bertz CT molecular complexity index is 1290. The fourth-order valence-corrected chi connectivity index (χ4v) is 5.77. The molecule has 0 amide bonds. The van der Waals surface area contributed by atoms with Gasteiger partial charge in [0.15, 0.2) is 6.10 Å². The second kappa shape index (κ2) is 42.3. The van der Waals surface area contributed by atoms with Crippen LogP contribution in [-0.4, -0.2) is 49.3 Å². The average molecular weight is 814 g/mol. The topological polar surface area (TPSA) is 134 Å². The van der Waals surface area contributed by atoms with Gasteiger partial charge in [-0.05, 0) is 96.3 Å². The quantitative estimate of drug-likeness (QED) is 0.0270. The number of hydrogen-bond donors (Lipinski definition) is 2. The molecule has 0 radical (unpaired) electrons. The molecule has 10 heteroatoms. The standard InChI is InChI=1S/C47H76NO8P/c1-3-5-7-9-11-13-15-17-19-21-22-24-26-28-30-32-34-36-38-40-47(50)56-45(44-55-57(51,52)54-42-41-48)43-53-46(49)39-37-35-33-31-29-27-25-23-20-18-16-14-12-10-8-6-4-2/h6,8,11-14,17-20,22,24-25,27-28,30-31,33,45H,3-5,7,9-10,15-16,21,23,26,29,32,34-44,48H2,1-2H3,(H,51,52). The van der Waals surface area contributed by atoms with Crippen LogP contribution in [0.1, 0.15) is 142 Å². The number of hydrogen-bond acceptors (Lipinski definition) is 8. The van der Waals surface area contributed by atoms with Crippen LogP contribution in [0.3, 0.4) is 0 Å². The van der Waals surface area contributed by atoms with Crippen LogP contribution in [-0.2, 0) is 32.7 Å². The lowest BCUT2D eigenvalue weighted by atomic mass is 10.1. The van der Waals surface area contributed by atoms with Crippen molar-refractivity contribution in [2.75, 3.05) is 26.4 Å². The molecule has 0 fully saturated rings. The minimum absolute atomic E-state index is 0.0337. The van der Waals surface area contributed by atoms with E-state index in [-0.39, 0.29) is 32.6 Å². The molecule has 0 aliphatic rings. The lowest BCUT2D eigenvalue weighted by Gasteiger charge is -2.19. The number of esters is 2. The summed E-state index contributed by atoms with van der Waals surface area (Å²) in [4.78, 5) is 34.8. The summed E-state index contributed by atoms with van der Waals surface area (Å²) in [6.07, 6.45) is 55.5. The number of nitrogens with two attached hydrogens (primary N) is 1. The smallest absolute Gasteiger partial charge is 0.462 e. The number of phosphoric acid groups is 1. The molecular formula is C47H76NO8P. The third-order valence-electron chi connectivity index (χ3n) is 8.14. The van der Waals surface area contributed by atoms with Gasteiger partial charge in [-0.1, -0.05) is 142 Å². The summed E-state index contributed by atoms with van der Waals surface area (Å²) in [6.45, 7) is 3.45. The van der Waals surface area contributed by atoms with E-state index in [2.05, 4.69) is 117 Å². The minimum Gasteiger partial charge on any atom is -0.462 e. The number of carbonyl (C=O) groups excluding carboxylic acids is 2. The second-order valence-electron chi connectivity index (χ2n) is 13.5. The summed E-state index contributed by atoms with van der Waals surface area (Å²) in [5, 5.41) is 0. The number of unbranched alkanes of at least 4 members (excludes halogenated alkanes) is 7. The van der Waals surface area contributed by atoms with Crippen LogP contribution >= 0.6 is 7.82 Å². The Labute approximate surface area is 346 Å². The maximum atomic E-state index is 12.6. The summed E-state index contributed by atoms with van der Waals surface area (Å²) in [6, 6.07) is 0. The lowest BCUT2D eigenvalue weighted by Crippen LogP contribution is -2.29. The zero-order valence-corrected chi connectivity index (χ0v) is 36.2. The van der Waals surface area contributed by atoms with Gasteiger partial charge in [-0.25, -0.2) is 4.57 Å². The van der Waals surface area contributed by atoms with Gasteiger partial charge >= 0.3 is 19.8 Å². The van der Waals surface area contributed by atoms with Crippen molar-refractivity contribution in [3.05, 3.63) is 109 Å². The van der Waals surface area contributed by atoms with E-state index in [1.165, 1.54) is 25.7 Å². The molecular weight excluding hydrogens is 737 g/mol. The van der Waals surface area contributed by atoms with Gasteiger partial charge in [0.1, 0.15) is 6.61 Å². The summed E-state index contributed by atoms with van der Waals surface area (Å²) in [5.41, 5.74) is 5.34. The van der Waals surface area contributed by atoms with Crippen LogP contribution in [0.2, 0.25) is 0 Å². The van der Waals surface area contributed by atoms with Crippen molar-refractivity contribution < 1.29 is 37.6 Å². The van der Waals surface area contributed by atoms with Crippen molar-refractivity contribution in [3.8, 4) is 0 Å². The van der Waals surface area contributed by atoms with E-state index < -0.39 is 32.5 Å². The Morgan fingerprint density at radius 1 is 0.544 bits per heavy atom. The van der Waals surface area contributed by atoms with E-state index >= 15 is 0 Å². The van der Waals surface area contributed by atoms with E-state index in [1.807, 2.05) is 6.08 Å². The first-order valence-electron chi connectivity index (χ1n) is 21.4. The molecule has 0 aromatic heterocycles. The van der Waals surface area contributed by atoms with Crippen molar-refractivity contribution >= 4 is 19.8 Å². The summed E-state index contributed by atoms with van der Waals surface area (Å²) in [5.74, 6) is -0.946. The molecule has 0 bridgehead atoms. The van der Waals surface area contributed by atoms with Gasteiger partial charge in [0.2, 0.25) is 0 Å². The summed E-state index contributed by atoms with van der Waals surface area (Å²) in [7, 11) is -4.41. The Morgan fingerprint density at radius 3 is 1.46 bits per heavy atom. The molecule has 0 spiro atoms. The van der Waals surface area contributed by atoms with Crippen molar-refractivity contribution in [3.63, 3.8) is 0 Å². The highest BCUT2D eigenvalue weighted by atomic mass is 31.2. The van der Waals surface area contributed by atoms with Crippen molar-refractivity contribution in [2.24, 2.45) is 5.73 Å². The molecule has 9 nitrogen and oxygen atoms in total. The number of allylic oxidation sites excluding steroid dienone is 18. The summed E-state index contributed by atoms with van der Waals surface area (Å²) >= 11 is 0. The molecule has 322 valence electrons. The van der Waals surface area contributed by atoms with Crippen LogP contribution in [0, 0.1) is 0 Å². The second-order valence-corrected chi connectivity index (χ2v) is 14.9. The number of rotatable bonds is 38. The summed E-state index contributed by atoms with van der Waals surface area (Å²) < 4.78 is 32.7. The van der Waals surface area contributed by atoms with Crippen LogP contribution in [0.5, 0.6) is 0 Å². The highest BCUT2D eigenvalue weighted by Crippen LogP contribution is 2.43. The van der Waals surface area contributed by atoms with Gasteiger partial charge in [-0.3, -0.25) is 18.6 Å². The zero-order valence-electron chi connectivity index (χ0n) is 35.3. The van der Waals surface area contributed by atoms with Gasteiger partial charge in [0.05, 0.1) is 13.2 Å². The Hall–Kier alpha value is -3.33. The maximum Gasteiger partial charge on any atom is 0.472 e. The van der Waals surface area contributed by atoms with Crippen LogP contribution in [0.15, 0.2) is 109 Å². The molecule has 0 aromatic carbocycles. The SMILES string of the molecule is CCC=CCC=CCC=CCC=CCC=CCCCC(=O)OCC(COP(=O)(O)OCCN)OC(=O)CCCCCC=CCC=CCC=CCC=CCCCCC. The molecule has 0 aromatic rings. The van der Waals surface area contributed by atoms with Crippen LogP contribution in [0.4, 0.5) is 0 Å². The maximum absolute atomic E-state index is 12.6. The predicted octanol–water partition coefficient (Wildman–Crippen LogP) is 12.4. The van der Waals surface area contributed by atoms with Gasteiger partial charge in [0.25, 0.3) is 0 Å². The third kappa shape index (κ3) is 42.1. The fraction of sp³-hybridized carbons (Fsp3) is 0.574. The lowest BCUT2D eigenvalue weighted by molar-refractivity contribution is -0.161. The third-order valence-corrected chi connectivity index (χ3v) is 9.13. The fourth-order valence-electron chi connectivity index (χ4n) is 5.00. The van der Waals surface area contributed by atoms with Gasteiger partial charge < -0.3 is 20.1 Å². The molecule has 57 heavy (non-hydrogen) atoms. The van der Waals surface area contributed by atoms with Gasteiger partial charge in [-0.2, -0.15) is 0 Å². The van der Waals surface area contributed by atoms with E-state index in [0.717, 1.165) is 77.0 Å². The molecule has 0 rings (SSSR count). The Balaban J connectivity index is 4.36. The van der Waals surface area contributed by atoms with E-state index in [1.54, 1.807) is 0 Å². The zero-order chi connectivity index (χ0) is 41.8. The molecule has 2 atom stereocenters. The average Bonchev–Trinajstić information content (AvgIpc) is 3.20. The van der Waals surface area contributed by atoms with Crippen molar-refractivity contribution in [1.29, 1.82) is 0 Å². The number of ether oxygens (including phenoxy) is 2. The van der Waals surface area contributed by atoms with E-state index in [9.17, 15) is 19.0 Å². The first-order chi connectivity index (χ1) is 27.8. The Morgan fingerprint density at radius 2 is 0.982 bits per heavy atom. The normalized spacial score (nSPS) is 14.4. The highest BCUT2D eigenvalue weighted by molar-refractivity contribution is 7.47. The minimum atomic E-state index is -4.41. The monoisotopic (exact) mass is 814 g/mol. The van der Waals surface area contributed by atoms with Gasteiger partial charge in [0, 0.05) is 19.4 Å². The van der Waals surface area contributed by atoms with E-state index in [4.69, 9.17) is 24.3 Å². The first-order valence-corrected chi connectivity index (χ1v) is 22.9.